The fourth-order valence-electron chi connectivity index (χ4n) is 4.92. The Labute approximate surface area is 227 Å². The number of aromatic nitrogens is 1. The second-order valence-corrected chi connectivity index (χ2v) is 12.1. The van der Waals surface area contributed by atoms with E-state index in [9.17, 15) is 21.6 Å². The molecule has 1 aromatic heterocycles. The lowest BCUT2D eigenvalue weighted by molar-refractivity contribution is -0.139. The lowest BCUT2D eigenvalue weighted by Gasteiger charge is -2.36. The Bertz CT molecular complexity index is 1510. The maximum atomic E-state index is 13.2. The molecule has 4 rings (SSSR count). The summed E-state index contributed by atoms with van der Waals surface area (Å²) in [5.74, 6) is 6.82. The number of likely N-dealkylation sites (tertiary alicyclic amines) is 1. The van der Waals surface area contributed by atoms with Crippen molar-refractivity contribution in [1.29, 1.82) is 0 Å². The van der Waals surface area contributed by atoms with E-state index < -0.39 is 22.6 Å². The highest BCUT2D eigenvalue weighted by atomic mass is 32.2. The SMILES string of the molecule is COc1cc(S(C)(=O)=O)ccc1NCC#Cc1cc(NC2CCN(C)CC2C)c2ccn(CC(F)(F)F)c2c1. The molecule has 0 aliphatic carbocycles. The quantitative estimate of drug-likeness (QED) is 0.402. The molecule has 0 amide bonds. The van der Waals surface area contributed by atoms with Gasteiger partial charge in [0.25, 0.3) is 0 Å². The van der Waals surface area contributed by atoms with Crippen LogP contribution >= 0.6 is 0 Å². The maximum absolute atomic E-state index is 13.2. The van der Waals surface area contributed by atoms with Crippen molar-refractivity contribution in [3.8, 4) is 17.6 Å². The molecule has 0 radical (unpaired) electrons. The first kappa shape index (κ1) is 28.6. The maximum Gasteiger partial charge on any atom is 0.406 e. The molecule has 2 unspecified atom stereocenters. The van der Waals surface area contributed by atoms with Crippen LogP contribution in [0.1, 0.15) is 18.9 Å². The van der Waals surface area contributed by atoms with Crippen LogP contribution < -0.4 is 15.4 Å². The molecule has 1 fully saturated rings. The Kier molecular flexibility index (Phi) is 8.37. The van der Waals surface area contributed by atoms with Gasteiger partial charge in [0.05, 0.1) is 29.8 Å². The van der Waals surface area contributed by atoms with Gasteiger partial charge in [0.1, 0.15) is 12.3 Å². The van der Waals surface area contributed by atoms with Crippen molar-refractivity contribution >= 4 is 32.1 Å². The van der Waals surface area contributed by atoms with E-state index >= 15 is 0 Å². The van der Waals surface area contributed by atoms with E-state index in [1.807, 2.05) is 6.07 Å². The van der Waals surface area contributed by atoms with Gasteiger partial charge in [0.15, 0.2) is 9.84 Å². The van der Waals surface area contributed by atoms with E-state index in [1.54, 1.807) is 18.2 Å². The van der Waals surface area contributed by atoms with Gasteiger partial charge >= 0.3 is 6.18 Å². The molecular weight excluding hydrogens is 529 g/mol. The molecule has 2 atom stereocenters. The number of piperidine rings is 1. The van der Waals surface area contributed by atoms with Crippen LogP contribution in [-0.4, -0.2) is 70.2 Å². The van der Waals surface area contributed by atoms with Crippen LogP contribution in [0.5, 0.6) is 5.75 Å². The third-order valence-corrected chi connectivity index (χ3v) is 8.00. The highest BCUT2D eigenvalue weighted by Gasteiger charge is 2.29. The zero-order chi connectivity index (χ0) is 28.4. The van der Waals surface area contributed by atoms with Gasteiger partial charge < -0.3 is 24.8 Å². The van der Waals surface area contributed by atoms with E-state index in [2.05, 4.69) is 41.3 Å². The number of anilines is 2. The summed E-state index contributed by atoms with van der Waals surface area (Å²) in [5, 5.41) is 7.43. The van der Waals surface area contributed by atoms with E-state index in [1.165, 1.54) is 30.0 Å². The first-order valence-electron chi connectivity index (χ1n) is 12.6. The lowest BCUT2D eigenvalue weighted by atomic mass is 9.93. The van der Waals surface area contributed by atoms with Crippen LogP contribution in [0.2, 0.25) is 0 Å². The highest BCUT2D eigenvalue weighted by molar-refractivity contribution is 7.90. The van der Waals surface area contributed by atoms with Crippen LogP contribution in [0, 0.1) is 17.8 Å². The van der Waals surface area contributed by atoms with Gasteiger partial charge in [-0.2, -0.15) is 13.2 Å². The molecule has 11 heteroatoms. The predicted octanol–water partition coefficient (Wildman–Crippen LogP) is 4.83. The van der Waals surface area contributed by atoms with Crippen LogP contribution in [0.15, 0.2) is 47.5 Å². The molecular formula is C28H33F3N4O3S. The Morgan fingerprint density at radius 2 is 1.92 bits per heavy atom. The van der Waals surface area contributed by atoms with E-state index in [0.29, 0.717) is 28.4 Å². The zero-order valence-electron chi connectivity index (χ0n) is 22.4. The molecule has 0 saturated carbocycles. The molecule has 1 saturated heterocycles. The van der Waals surface area contributed by atoms with Crippen molar-refractivity contribution < 1.29 is 26.3 Å². The summed E-state index contributed by atoms with van der Waals surface area (Å²) in [4.78, 5) is 2.42. The normalized spacial score (nSPS) is 18.4. The molecule has 7 nitrogen and oxygen atoms in total. The third-order valence-electron chi connectivity index (χ3n) is 6.89. The van der Waals surface area contributed by atoms with Gasteiger partial charge in [0.2, 0.25) is 0 Å². The first-order chi connectivity index (χ1) is 18.3. The fraction of sp³-hybridized carbons (Fsp3) is 0.429. The molecule has 2 N–H and O–H groups in total. The summed E-state index contributed by atoms with van der Waals surface area (Å²) in [5.41, 5.74) is 2.40. The summed E-state index contributed by atoms with van der Waals surface area (Å²) < 4.78 is 69.9. The number of nitrogens with zero attached hydrogens (tertiary/aromatic N) is 2. The van der Waals surface area contributed by atoms with Gasteiger partial charge in [0, 0.05) is 47.7 Å². The Morgan fingerprint density at radius 3 is 2.59 bits per heavy atom. The van der Waals surface area contributed by atoms with Gasteiger partial charge in [-0.15, -0.1) is 0 Å². The third kappa shape index (κ3) is 7.19. The number of ether oxygens (including phenoxy) is 1. The van der Waals surface area contributed by atoms with Gasteiger partial charge in [-0.05, 0) is 56.3 Å². The summed E-state index contributed by atoms with van der Waals surface area (Å²) in [6.07, 6.45) is -0.826. The first-order valence-corrected chi connectivity index (χ1v) is 14.5. The number of nitrogens with one attached hydrogen (secondary N) is 2. The van der Waals surface area contributed by atoms with Crippen molar-refractivity contribution in [3.05, 3.63) is 48.2 Å². The number of hydrogen-bond acceptors (Lipinski definition) is 6. The van der Waals surface area contributed by atoms with Crippen molar-refractivity contribution in [1.82, 2.24) is 9.47 Å². The summed E-state index contributed by atoms with van der Waals surface area (Å²) in [7, 11) is 0.154. The lowest BCUT2D eigenvalue weighted by Crippen LogP contribution is -2.43. The number of halogens is 3. The average molecular weight is 563 g/mol. The number of sulfone groups is 1. The molecule has 39 heavy (non-hydrogen) atoms. The van der Waals surface area contributed by atoms with Crippen LogP contribution in [0.3, 0.4) is 0 Å². The summed E-state index contributed by atoms with van der Waals surface area (Å²) >= 11 is 0. The topological polar surface area (TPSA) is 75.6 Å². The second kappa shape index (κ2) is 11.4. The van der Waals surface area contributed by atoms with Crippen molar-refractivity contribution in [2.45, 2.75) is 37.0 Å². The summed E-state index contributed by atoms with van der Waals surface area (Å²) in [6, 6.07) is 10.0. The Morgan fingerprint density at radius 1 is 1.15 bits per heavy atom. The molecule has 2 heterocycles. The molecule has 1 aliphatic rings. The molecule has 1 aliphatic heterocycles. The van der Waals surface area contributed by atoms with E-state index in [0.717, 1.165) is 36.8 Å². The van der Waals surface area contributed by atoms with Crippen molar-refractivity contribution in [2.75, 3.05) is 50.7 Å². The van der Waals surface area contributed by atoms with Gasteiger partial charge in [-0.3, -0.25) is 0 Å². The minimum atomic E-state index is -4.35. The van der Waals surface area contributed by atoms with E-state index in [4.69, 9.17) is 4.74 Å². The number of alkyl halides is 3. The molecule has 2 aromatic carbocycles. The van der Waals surface area contributed by atoms with Crippen molar-refractivity contribution in [3.63, 3.8) is 0 Å². The summed E-state index contributed by atoms with van der Waals surface area (Å²) in [6.45, 7) is 3.19. The van der Waals surface area contributed by atoms with Gasteiger partial charge in [-0.25, -0.2) is 8.42 Å². The number of rotatable bonds is 7. The average Bonchev–Trinajstić information content (AvgIpc) is 3.24. The highest BCUT2D eigenvalue weighted by Crippen LogP contribution is 2.32. The predicted molar refractivity (Wildman–Crippen MR) is 148 cm³/mol. The Balaban J connectivity index is 1.60. The second-order valence-electron chi connectivity index (χ2n) is 10.1. The molecule has 3 aromatic rings. The van der Waals surface area contributed by atoms with Crippen LogP contribution in [0.4, 0.5) is 24.5 Å². The van der Waals surface area contributed by atoms with Gasteiger partial charge in [-0.1, -0.05) is 18.8 Å². The molecule has 0 spiro atoms. The minimum absolute atomic E-state index is 0.144. The minimum Gasteiger partial charge on any atom is -0.495 e. The smallest absolute Gasteiger partial charge is 0.406 e. The fourth-order valence-corrected chi connectivity index (χ4v) is 5.56. The van der Waals surface area contributed by atoms with Crippen LogP contribution in [0.25, 0.3) is 10.9 Å². The number of benzene rings is 2. The number of methoxy groups -OCH3 is 1. The number of fused-ring (bicyclic) bond motifs is 1. The van der Waals surface area contributed by atoms with E-state index in [-0.39, 0.29) is 17.5 Å². The Hall–Kier alpha value is -3.36. The molecule has 0 bridgehead atoms. The monoisotopic (exact) mass is 562 g/mol. The zero-order valence-corrected chi connectivity index (χ0v) is 23.2. The molecule has 210 valence electrons. The van der Waals surface area contributed by atoms with Crippen LogP contribution in [-0.2, 0) is 16.4 Å². The largest absolute Gasteiger partial charge is 0.495 e. The number of hydrogen-bond donors (Lipinski definition) is 2. The standard InChI is InChI=1S/C28H33F3N4O3S/c1-19-17-34(2)12-10-23(19)33-25-14-20(15-26-22(25)9-13-35(26)18-28(29,30)31)6-5-11-32-24-8-7-21(39(4,36)37)16-27(24)38-3/h7-9,13-16,19,23,32-33H,10-12,17-18H2,1-4H3. The van der Waals surface area contributed by atoms with Crippen molar-refractivity contribution in [2.24, 2.45) is 5.92 Å².